The van der Waals surface area contributed by atoms with E-state index in [0.717, 1.165) is 18.5 Å². The first kappa shape index (κ1) is 15.2. The molecule has 0 aliphatic heterocycles. The van der Waals surface area contributed by atoms with Crippen molar-refractivity contribution in [2.45, 2.75) is 19.8 Å². The van der Waals surface area contributed by atoms with E-state index in [1.807, 2.05) is 18.3 Å². The molecular formula is C22H21N. The van der Waals surface area contributed by atoms with Gasteiger partial charge in [-0.2, -0.15) is 0 Å². The van der Waals surface area contributed by atoms with Crippen LogP contribution in [0.15, 0.2) is 79.5 Å². The van der Waals surface area contributed by atoms with Gasteiger partial charge in [0.05, 0.1) is 0 Å². The Morgan fingerprint density at radius 1 is 0.913 bits per heavy atom. The van der Waals surface area contributed by atoms with Crippen molar-refractivity contribution in [1.82, 2.24) is 4.98 Å². The summed E-state index contributed by atoms with van der Waals surface area (Å²) in [6.07, 6.45) is 3.69. The molecule has 0 saturated heterocycles. The molecule has 0 bridgehead atoms. The summed E-state index contributed by atoms with van der Waals surface area (Å²) in [6, 6.07) is 23.1. The predicted octanol–water partition coefficient (Wildman–Crippen LogP) is 5.70. The highest BCUT2D eigenvalue weighted by atomic mass is 14.7. The van der Waals surface area contributed by atoms with Crippen LogP contribution in [-0.2, 0) is 6.42 Å². The van der Waals surface area contributed by atoms with E-state index in [-0.39, 0.29) is 0 Å². The molecule has 0 amide bonds. The molecule has 1 aromatic heterocycles. The zero-order chi connectivity index (χ0) is 16.1. The third kappa shape index (κ3) is 3.57. The van der Waals surface area contributed by atoms with Crippen molar-refractivity contribution in [3.05, 3.63) is 96.3 Å². The first-order valence-corrected chi connectivity index (χ1v) is 7.99. The predicted molar refractivity (Wildman–Crippen MR) is 98.2 cm³/mol. The highest BCUT2D eigenvalue weighted by molar-refractivity contribution is 5.82. The number of hydrogen-bond acceptors (Lipinski definition) is 1. The first-order chi connectivity index (χ1) is 11.3. The summed E-state index contributed by atoms with van der Waals surface area (Å²) in [7, 11) is 0. The number of nitrogens with zero attached hydrogens (tertiary/aromatic N) is 1. The summed E-state index contributed by atoms with van der Waals surface area (Å²) in [6.45, 7) is 6.52. The Labute approximate surface area is 138 Å². The van der Waals surface area contributed by atoms with Gasteiger partial charge in [0, 0.05) is 11.9 Å². The van der Waals surface area contributed by atoms with Gasteiger partial charge in [0.15, 0.2) is 0 Å². The van der Waals surface area contributed by atoms with Crippen molar-refractivity contribution in [2.24, 2.45) is 0 Å². The SMILES string of the molecule is C=C(CCc1ccccn1)c1c(C)cccc1-c1ccccc1. The van der Waals surface area contributed by atoms with Crippen molar-refractivity contribution < 1.29 is 0 Å². The molecule has 0 radical (unpaired) electrons. The van der Waals surface area contributed by atoms with Gasteiger partial charge >= 0.3 is 0 Å². The van der Waals surface area contributed by atoms with E-state index >= 15 is 0 Å². The third-order valence-corrected chi connectivity index (χ3v) is 4.12. The Hall–Kier alpha value is -2.67. The van der Waals surface area contributed by atoms with E-state index in [1.54, 1.807) is 0 Å². The molecular weight excluding hydrogens is 278 g/mol. The number of allylic oxidation sites excluding steroid dienone is 1. The van der Waals surface area contributed by atoms with Gasteiger partial charge in [-0.1, -0.05) is 61.2 Å². The lowest BCUT2D eigenvalue weighted by atomic mass is 9.89. The smallest absolute Gasteiger partial charge is 0.0406 e. The standard InChI is InChI=1S/C22H21N/c1-17-9-8-13-21(19-10-4-3-5-11-19)22(17)18(2)14-15-20-12-6-7-16-23-20/h3-13,16H,2,14-15H2,1H3. The maximum Gasteiger partial charge on any atom is 0.0406 e. The quantitative estimate of drug-likeness (QED) is 0.588. The van der Waals surface area contributed by atoms with Crippen molar-refractivity contribution in [3.63, 3.8) is 0 Å². The Morgan fingerprint density at radius 3 is 2.43 bits per heavy atom. The monoisotopic (exact) mass is 299 g/mol. The Morgan fingerprint density at radius 2 is 1.70 bits per heavy atom. The Balaban J connectivity index is 1.88. The maximum absolute atomic E-state index is 4.41. The highest BCUT2D eigenvalue weighted by Gasteiger charge is 2.11. The average molecular weight is 299 g/mol. The molecule has 114 valence electrons. The lowest BCUT2D eigenvalue weighted by Gasteiger charge is -2.15. The number of hydrogen-bond donors (Lipinski definition) is 0. The summed E-state index contributed by atoms with van der Waals surface area (Å²) in [5.41, 5.74) is 7.34. The second-order valence-electron chi connectivity index (χ2n) is 5.79. The summed E-state index contributed by atoms with van der Waals surface area (Å²) in [5.74, 6) is 0. The van der Waals surface area contributed by atoms with Crippen LogP contribution >= 0.6 is 0 Å². The van der Waals surface area contributed by atoms with Crippen molar-refractivity contribution in [2.75, 3.05) is 0 Å². The molecule has 0 N–H and O–H groups in total. The Kier molecular flexibility index (Phi) is 4.68. The van der Waals surface area contributed by atoms with Crippen molar-refractivity contribution in [1.29, 1.82) is 0 Å². The molecule has 0 spiro atoms. The molecule has 3 rings (SSSR count). The molecule has 1 heteroatoms. The zero-order valence-corrected chi connectivity index (χ0v) is 13.5. The molecule has 0 aliphatic rings. The van der Waals surface area contributed by atoms with E-state index in [1.165, 1.54) is 27.8 Å². The van der Waals surface area contributed by atoms with Crippen LogP contribution in [0.2, 0.25) is 0 Å². The minimum atomic E-state index is 0.918. The molecule has 0 aliphatic carbocycles. The van der Waals surface area contributed by atoms with E-state index in [2.05, 4.69) is 73.1 Å². The van der Waals surface area contributed by atoms with E-state index in [9.17, 15) is 0 Å². The highest BCUT2D eigenvalue weighted by Crippen LogP contribution is 2.32. The molecule has 3 aromatic rings. The molecule has 0 atom stereocenters. The molecule has 0 saturated carbocycles. The summed E-state index contributed by atoms with van der Waals surface area (Å²) in [4.78, 5) is 4.41. The van der Waals surface area contributed by atoms with Crippen LogP contribution in [0.4, 0.5) is 0 Å². The molecule has 2 aromatic carbocycles. The lowest BCUT2D eigenvalue weighted by molar-refractivity contribution is 0.956. The lowest BCUT2D eigenvalue weighted by Crippen LogP contribution is -1.96. The maximum atomic E-state index is 4.41. The summed E-state index contributed by atoms with van der Waals surface area (Å²) in [5, 5.41) is 0. The van der Waals surface area contributed by atoms with Gasteiger partial charge in [0.25, 0.3) is 0 Å². The van der Waals surface area contributed by atoms with Gasteiger partial charge in [0.1, 0.15) is 0 Å². The minimum Gasteiger partial charge on any atom is -0.261 e. The third-order valence-electron chi connectivity index (χ3n) is 4.12. The van der Waals surface area contributed by atoms with Crippen LogP contribution in [0.25, 0.3) is 16.7 Å². The molecule has 0 fully saturated rings. The van der Waals surface area contributed by atoms with Crippen LogP contribution in [0.5, 0.6) is 0 Å². The average Bonchev–Trinajstić information content (AvgIpc) is 2.61. The van der Waals surface area contributed by atoms with Crippen LogP contribution in [-0.4, -0.2) is 4.98 Å². The number of rotatable bonds is 5. The largest absolute Gasteiger partial charge is 0.261 e. The molecule has 1 heterocycles. The minimum absolute atomic E-state index is 0.918. The van der Waals surface area contributed by atoms with E-state index < -0.39 is 0 Å². The van der Waals surface area contributed by atoms with Gasteiger partial charge < -0.3 is 0 Å². The number of aromatic nitrogens is 1. The second-order valence-corrected chi connectivity index (χ2v) is 5.79. The van der Waals surface area contributed by atoms with Crippen LogP contribution in [0.1, 0.15) is 23.2 Å². The van der Waals surface area contributed by atoms with E-state index in [0.29, 0.717) is 0 Å². The van der Waals surface area contributed by atoms with Gasteiger partial charge in [0.2, 0.25) is 0 Å². The fraction of sp³-hybridized carbons (Fsp3) is 0.136. The number of pyridine rings is 1. The molecule has 0 unspecified atom stereocenters. The number of benzene rings is 2. The van der Waals surface area contributed by atoms with Crippen LogP contribution < -0.4 is 0 Å². The van der Waals surface area contributed by atoms with Crippen LogP contribution in [0.3, 0.4) is 0 Å². The molecule has 1 nitrogen and oxygen atoms in total. The van der Waals surface area contributed by atoms with Gasteiger partial charge in [-0.25, -0.2) is 0 Å². The Bertz CT molecular complexity index is 789. The van der Waals surface area contributed by atoms with Gasteiger partial charge in [-0.15, -0.1) is 0 Å². The van der Waals surface area contributed by atoms with Crippen LogP contribution in [0, 0.1) is 6.92 Å². The molecule has 23 heavy (non-hydrogen) atoms. The van der Waals surface area contributed by atoms with Gasteiger partial charge in [-0.05, 0) is 59.7 Å². The number of aryl methyl sites for hydroxylation is 2. The fourth-order valence-corrected chi connectivity index (χ4v) is 2.95. The normalized spacial score (nSPS) is 10.5. The fourth-order valence-electron chi connectivity index (χ4n) is 2.95. The van der Waals surface area contributed by atoms with Gasteiger partial charge in [-0.3, -0.25) is 4.98 Å². The van der Waals surface area contributed by atoms with Crippen molar-refractivity contribution >= 4 is 5.57 Å². The van der Waals surface area contributed by atoms with Crippen molar-refractivity contribution in [3.8, 4) is 11.1 Å². The summed E-state index contributed by atoms with van der Waals surface area (Å²) >= 11 is 0. The first-order valence-electron chi connectivity index (χ1n) is 7.99. The topological polar surface area (TPSA) is 12.9 Å². The second kappa shape index (κ2) is 7.06. The summed E-state index contributed by atoms with van der Waals surface area (Å²) < 4.78 is 0. The van der Waals surface area contributed by atoms with E-state index in [4.69, 9.17) is 0 Å². The zero-order valence-electron chi connectivity index (χ0n) is 13.5.